The van der Waals surface area contributed by atoms with Crippen LogP contribution in [-0.2, 0) is 34.1 Å². The molecule has 2 N–H and O–H groups in total. The molecule has 0 fully saturated rings. The Labute approximate surface area is 116 Å². The minimum absolute atomic E-state index is 0. The van der Waals surface area contributed by atoms with E-state index >= 15 is 0 Å². The Hall–Kier alpha value is -1.06. The molecule has 0 atom stereocenters. The second kappa shape index (κ2) is 29.2. The van der Waals surface area contributed by atoms with Gasteiger partial charge >= 0.3 is 34.1 Å². The zero-order chi connectivity index (χ0) is 11.1. The van der Waals surface area contributed by atoms with Crippen molar-refractivity contribution in [2.24, 2.45) is 0 Å². The molecule has 2 aromatic rings. The molecule has 0 aromatic heterocycles. The van der Waals surface area contributed by atoms with Gasteiger partial charge in [-0.25, -0.2) is 24.3 Å². The molecule has 2 aromatic carbocycles. The van der Waals surface area contributed by atoms with E-state index in [2.05, 4.69) is 11.2 Å². The normalized spacial score (nSPS) is 5.50. The van der Waals surface area contributed by atoms with E-state index in [-0.39, 0.29) is 34.1 Å². The van der Waals surface area contributed by atoms with E-state index in [0.717, 1.165) is 0 Å². The smallest absolute Gasteiger partial charge is 0.214 e. The van der Waals surface area contributed by atoms with E-state index < -0.39 is 0 Å². The van der Waals surface area contributed by atoms with E-state index in [1.54, 1.807) is 0 Å². The molecule has 0 aliphatic carbocycles. The van der Waals surface area contributed by atoms with E-state index in [1.165, 1.54) is 0 Å². The molecular formula is C10H12Fe2N2O2+8. The number of nitrogens with one attached hydrogen (secondary N) is 2. The van der Waals surface area contributed by atoms with Crippen molar-refractivity contribution in [2.45, 2.75) is 0 Å². The van der Waals surface area contributed by atoms with Crippen LogP contribution in [-0.4, -0.2) is 0 Å². The standard InChI is InChI=1S/2C5H5.2Fe.2HNO/c2*1-2-4-5-3-1;;;2*1-2/h2*1-5H;;;2*1H/q2*-1;2*+5;;. The Morgan fingerprint density at radius 2 is 0.750 bits per heavy atom. The fraction of sp³-hybridized carbons (Fsp3) is 0. The predicted molar refractivity (Wildman–Crippen MR) is 56.2 cm³/mol. The monoisotopic (exact) mass is 304 g/mol. The first kappa shape index (κ1) is 24.3. The van der Waals surface area contributed by atoms with E-state index in [9.17, 15) is 0 Å². The molecule has 16 heavy (non-hydrogen) atoms. The van der Waals surface area contributed by atoms with E-state index in [1.807, 2.05) is 60.7 Å². The van der Waals surface area contributed by atoms with Crippen LogP contribution in [0.2, 0.25) is 0 Å². The molecule has 0 heterocycles. The van der Waals surface area contributed by atoms with Gasteiger partial charge in [-0.15, -0.1) is 0 Å². The molecule has 0 aliphatic heterocycles. The Balaban J connectivity index is -0.0000000631. The second-order valence-electron chi connectivity index (χ2n) is 1.92. The third kappa shape index (κ3) is 23.1. The van der Waals surface area contributed by atoms with Crippen LogP contribution in [0.25, 0.3) is 0 Å². The van der Waals surface area contributed by atoms with Crippen LogP contribution in [0, 0.1) is 21.0 Å². The maximum atomic E-state index is 7.50. The van der Waals surface area contributed by atoms with E-state index in [4.69, 9.17) is 9.81 Å². The summed E-state index contributed by atoms with van der Waals surface area (Å²) >= 11 is 0. The zero-order valence-corrected chi connectivity index (χ0v) is 10.5. The summed E-state index contributed by atoms with van der Waals surface area (Å²) in [7, 11) is 0. The van der Waals surface area contributed by atoms with Crippen LogP contribution < -0.4 is 0 Å². The zero-order valence-electron chi connectivity index (χ0n) is 8.30. The van der Waals surface area contributed by atoms with E-state index in [0.29, 0.717) is 0 Å². The third-order valence-corrected chi connectivity index (χ3v) is 1.11. The van der Waals surface area contributed by atoms with Crippen molar-refractivity contribution in [3.63, 3.8) is 0 Å². The molecular weight excluding hydrogens is 292 g/mol. The molecule has 82 valence electrons. The summed E-state index contributed by atoms with van der Waals surface area (Å²) in [5.41, 5.74) is 9.00. The molecule has 2 rings (SSSR count). The maximum Gasteiger partial charge on any atom is 5.00 e. The summed E-state index contributed by atoms with van der Waals surface area (Å²) in [6.07, 6.45) is 0. The molecule has 0 saturated heterocycles. The first-order valence-electron chi connectivity index (χ1n) is 3.74. The predicted octanol–water partition coefficient (Wildman–Crippen LogP) is 3.47. The van der Waals surface area contributed by atoms with Crippen molar-refractivity contribution in [3.8, 4) is 0 Å². The van der Waals surface area contributed by atoms with Gasteiger partial charge < -0.3 is 0 Å². The van der Waals surface area contributed by atoms with Gasteiger partial charge in [-0.1, -0.05) is 11.2 Å². The molecule has 0 bridgehead atoms. The quantitative estimate of drug-likeness (QED) is 0.444. The minimum Gasteiger partial charge on any atom is -0.214 e. The fourth-order valence-corrected chi connectivity index (χ4v) is 0.642. The average Bonchev–Trinajstić information content (AvgIpc) is 3.01. The summed E-state index contributed by atoms with van der Waals surface area (Å²) in [5.74, 6) is 0. The molecule has 6 heteroatoms. The van der Waals surface area contributed by atoms with Crippen LogP contribution >= 0.6 is 0 Å². The minimum atomic E-state index is 0. The fourth-order valence-electron chi connectivity index (χ4n) is 0.642. The molecule has 0 spiro atoms. The Morgan fingerprint density at radius 3 is 0.812 bits per heavy atom. The molecule has 0 unspecified atom stereocenters. The van der Waals surface area contributed by atoms with Crippen LogP contribution in [0.4, 0.5) is 0 Å². The van der Waals surface area contributed by atoms with Gasteiger partial charge in [0.25, 0.3) is 0 Å². The first-order chi connectivity index (χ1) is 7.00. The molecule has 2 radical (unpaired) electrons. The third-order valence-electron chi connectivity index (χ3n) is 1.11. The summed E-state index contributed by atoms with van der Waals surface area (Å²) < 4.78 is 0. The van der Waals surface area contributed by atoms with Crippen molar-refractivity contribution in [2.75, 3.05) is 0 Å². The summed E-state index contributed by atoms with van der Waals surface area (Å²) in [4.78, 5) is 15.0. The Kier molecular flexibility index (Phi) is 44.3. The van der Waals surface area contributed by atoms with Gasteiger partial charge in [-0.3, -0.25) is 0 Å². The topological polar surface area (TPSA) is 81.8 Å². The molecule has 0 aliphatic rings. The van der Waals surface area contributed by atoms with Gasteiger partial charge in [0.2, 0.25) is 0 Å². The van der Waals surface area contributed by atoms with Gasteiger partial charge in [0.1, 0.15) is 0 Å². The van der Waals surface area contributed by atoms with Gasteiger partial charge in [-0.2, -0.15) is 46.2 Å². The van der Waals surface area contributed by atoms with Crippen molar-refractivity contribution < 1.29 is 34.1 Å². The van der Waals surface area contributed by atoms with Crippen LogP contribution in [0.15, 0.2) is 60.7 Å². The van der Waals surface area contributed by atoms with Crippen LogP contribution in [0.1, 0.15) is 0 Å². The number of rotatable bonds is 0. The Morgan fingerprint density at radius 1 is 0.562 bits per heavy atom. The SMILES string of the molecule is N=O.N=O.[Fe+5].[Fe+5].c1cc[cH-]c1.c1cc[cH-]c1. The van der Waals surface area contributed by atoms with Crippen molar-refractivity contribution in [3.05, 3.63) is 70.5 Å². The largest absolute Gasteiger partial charge is 5.00 e. The van der Waals surface area contributed by atoms with Crippen LogP contribution in [0.3, 0.4) is 0 Å². The molecule has 0 amide bonds. The molecule has 0 saturated carbocycles. The number of hydrogen-bond donors (Lipinski definition) is 2. The van der Waals surface area contributed by atoms with Gasteiger partial charge in [0.15, 0.2) is 0 Å². The summed E-state index contributed by atoms with van der Waals surface area (Å²) in [5, 5.41) is 0. The van der Waals surface area contributed by atoms with Crippen molar-refractivity contribution in [1.29, 1.82) is 11.2 Å². The second-order valence-corrected chi connectivity index (χ2v) is 1.92. The number of nitroso groups, excluding NO2 is 2. The molecule has 4 nitrogen and oxygen atoms in total. The maximum absolute atomic E-state index is 7.50. The first-order valence-corrected chi connectivity index (χ1v) is 3.74. The van der Waals surface area contributed by atoms with Gasteiger partial charge in [0.05, 0.1) is 0 Å². The van der Waals surface area contributed by atoms with Crippen LogP contribution in [0.5, 0.6) is 0 Å². The number of hydrogen-bond acceptors (Lipinski definition) is 4. The summed E-state index contributed by atoms with van der Waals surface area (Å²) in [6, 6.07) is 20.0. The van der Waals surface area contributed by atoms with Crippen molar-refractivity contribution in [1.82, 2.24) is 0 Å². The van der Waals surface area contributed by atoms with Gasteiger partial charge in [-0.05, 0) is 0 Å². The van der Waals surface area contributed by atoms with Crippen molar-refractivity contribution >= 4 is 0 Å². The van der Waals surface area contributed by atoms with Gasteiger partial charge in [0, 0.05) is 0 Å². The summed E-state index contributed by atoms with van der Waals surface area (Å²) in [6.45, 7) is 0. The average molecular weight is 304 g/mol. The Bertz CT molecular complexity index is 187.